The van der Waals surface area contributed by atoms with Crippen LogP contribution < -0.4 is 5.32 Å². The van der Waals surface area contributed by atoms with Crippen molar-refractivity contribution < 1.29 is 0 Å². The van der Waals surface area contributed by atoms with E-state index in [1.807, 2.05) is 17.8 Å². The lowest BCUT2D eigenvalue weighted by atomic mass is 10.3. The van der Waals surface area contributed by atoms with Crippen LogP contribution in [0.3, 0.4) is 0 Å². The van der Waals surface area contributed by atoms with Gasteiger partial charge in [0.25, 0.3) is 0 Å². The van der Waals surface area contributed by atoms with Crippen LogP contribution in [-0.2, 0) is 0 Å². The summed E-state index contributed by atoms with van der Waals surface area (Å²) in [6.07, 6.45) is 0. The van der Waals surface area contributed by atoms with Gasteiger partial charge in [-0.1, -0.05) is 32.9 Å². The lowest BCUT2D eigenvalue weighted by Gasteiger charge is -2.15. The van der Waals surface area contributed by atoms with Gasteiger partial charge in [0.15, 0.2) is 0 Å². The van der Waals surface area contributed by atoms with Gasteiger partial charge in [-0.15, -0.1) is 11.8 Å². The maximum absolute atomic E-state index is 3.56. The highest BCUT2D eigenvalue weighted by atomic mass is 79.9. The molecule has 0 heterocycles. The molecule has 0 saturated carbocycles. The van der Waals surface area contributed by atoms with E-state index in [-0.39, 0.29) is 0 Å². The number of hydrogen-bond donors (Lipinski definition) is 1. The zero-order valence-electron chi connectivity index (χ0n) is 9.46. The Hall–Kier alpha value is 0.01000. The lowest BCUT2D eigenvalue weighted by molar-refractivity contribution is 0.589. The van der Waals surface area contributed by atoms with Crippen molar-refractivity contribution in [2.75, 3.05) is 6.54 Å². The van der Waals surface area contributed by atoms with Crippen LogP contribution in [-0.4, -0.2) is 17.8 Å². The summed E-state index contributed by atoms with van der Waals surface area (Å²) < 4.78 is 1.19. The average molecular weight is 288 g/mol. The van der Waals surface area contributed by atoms with Gasteiger partial charge in [0.2, 0.25) is 0 Å². The highest BCUT2D eigenvalue weighted by Gasteiger charge is 2.06. The second kappa shape index (κ2) is 6.56. The second-order valence-corrected chi connectivity index (χ2v) is 6.26. The van der Waals surface area contributed by atoms with Crippen LogP contribution in [0.25, 0.3) is 0 Å². The summed E-state index contributed by atoms with van der Waals surface area (Å²) in [5.41, 5.74) is 0. The molecule has 0 aromatic heterocycles. The predicted molar refractivity (Wildman–Crippen MR) is 72.6 cm³/mol. The predicted octanol–water partition coefficient (Wildman–Crippen LogP) is 3.93. The first-order valence-corrected chi connectivity index (χ1v) is 6.91. The van der Waals surface area contributed by atoms with E-state index in [0.29, 0.717) is 11.3 Å². The zero-order valence-corrected chi connectivity index (χ0v) is 11.9. The van der Waals surface area contributed by atoms with E-state index < -0.39 is 0 Å². The topological polar surface area (TPSA) is 12.0 Å². The third-order valence-electron chi connectivity index (χ3n) is 1.98. The highest BCUT2D eigenvalue weighted by Crippen LogP contribution is 2.29. The van der Waals surface area contributed by atoms with E-state index >= 15 is 0 Å². The van der Waals surface area contributed by atoms with Crippen molar-refractivity contribution in [1.29, 1.82) is 0 Å². The van der Waals surface area contributed by atoms with E-state index in [2.05, 4.69) is 60.2 Å². The summed E-state index contributed by atoms with van der Waals surface area (Å²) in [4.78, 5) is 1.32. The van der Waals surface area contributed by atoms with E-state index in [1.54, 1.807) is 0 Å². The molecule has 0 amide bonds. The van der Waals surface area contributed by atoms with Crippen LogP contribution in [0, 0.1) is 0 Å². The van der Waals surface area contributed by atoms with Crippen molar-refractivity contribution in [2.24, 2.45) is 0 Å². The Morgan fingerprint density at radius 2 is 1.93 bits per heavy atom. The Morgan fingerprint density at radius 1 is 1.27 bits per heavy atom. The quantitative estimate of drug-likeness (QED) is 0.824. The number of benzene rings is 1. The minimum Gasteiger partial charge on any atom is -0.313 e. The number of rotatable bonds is 5. The van der Waals surface area contributed by atoms with Gasteiger partial charge in [0.1, 0.15) is 0 Å². The second-order valence-electron chi connectivity index (χ2n) is 3.92. The first kappa shape index (κ1) is 13.1. The van der Waals surface area contributed by atoms with Gasteiger partial charge in [-0.05, 0) is 28.1 Å². The molecule has 0 aliphatic carbocycles. The standard InChI is InChI=1S/C12H18BrNS/c1-9(2)14-8-10(3)15-12-7-5-4-6-11(12)13/h4-7,9-10,14H,8H2,1-3H3. The summed E-state index contributed by atoms with van der Waals surface area (Å²) in [6.45, 7) is 7.65. The van der Waals surface area contributed by atoms with Gasteiger partial charge in [-0.25, -0.2) is 0 Å². The third-order valence-corrected chi connectivity index (χ3v) is 4.11. The molecule has 1 aromatic carbocycles. The van der Waals surface area contributed by atoms with Gasteiger partial charge < -0.3 is 5.32 Å². The van der Waals surface area contributed by atoms with Crippen molar-refractivity contribution in [2.45, 2.75) is 37.0 Å². The van der Waals surface area contributed by atoms with Crippen LogP contribution in [0.2, 0.25) is 0 Å². The molecule has 0 aliphatic rings. The van der Waals surface area contributed by atoms with Crippen LogP contribution in [0.15, 0.2) is 33.6 Å². The van der Waals surface area contributed by atoms with Gasteiger partial charge in [-0.3, -0.25) is 0 Å². The normalized spacial score (nSPS) is 13.1. The van der Waals surface area contributed by atoms with Crippen molar-refractivity contribution in [3.05, 3.63) is 28.7 Å². The molecule has 0 fully saturated rings. The molecule has 1 aromatic rings. The molecule has 0 radical (unpaired) electrons. The fourth-order valence-corrected chi connectivity index (χ4v) is 2.72. The first-order chi connectivity index (χ1) is 7.09. The van der Waals surface area contributed by atoms with Crippen molar-refractivity contribution in [3.63, 3.8) is 0 Å². The van der Waals surface area contributed by atoms with E-state index in [4.69, 9.17) is 0 Å². The molecular weight excluding hydrogens is 270 g/mol. The van der Waals surface area contributed by atoms with Crippen LogP contribution in [0.4, 0.5) is 0 Å². The summed E-state index contributed by atoms with van der Waals surface area (Å²) in [7, 11) is 0. The zero-order chi connectivity index (χ0) is 11.3. The maximum atomic E-state index is 3.56. The van der Waals surface area contributed by atoms with Gasteiger partial charge in [-0.2, -0.15) is 0 Å². The largest absolute Gasteiger partial charge is 0.313 e. The minimum absolute atomic E-state index is 0.562. The SMILES string of the molecule is CC(C)NCC(C)Sc1ccccc1Br. The Kier molecular flexibility index (Phi) is 5.72. The smallest absolute Gasteiger partial charge is 0.0311 e. The maximum Gasteiger partial charge on any atom is 0.0311 e. The van der Waals surface area contributed by atoms with Gasteiger partial charge in [0, 0.05) is 27.2 Å². The Morgan fingerprint density at radius 3 is 2.53 bits per heavy atom. The molecular formula is C12H18BrNS. The molecule has 0 aliphatic heterocycles. The summed E-state index contributed by atoms with van der Waals surface area (Å²) in [6, 6.07) is 8.93. The molecule has 3 heteroatoms. The van der Waals surface area contributed by atoms with E-state index in [9.17, 15) is 0 Å². The highest BCUT2D eigenvalue weighted by molar-refractivity contribution is 9.10. The van der Waals surface area contributed by atoms with E-state index in [0.717, 1.165) is 6.54 Å². The first-order valence-electron chi connectivity index (χ1n) is 5.24. The molecule has 84 valence electrons. The average Bonchev–Trinajstić information content (AvgIpc) is 2.18. The molecule has 1 unspecified atom stereocenters. The number of hydrogen-bond acceptors (Lipinski definition) is 2. The number of nitrogens with one attached hydrogen (secondary N) is 1. The van der Waals surface area contributed by atoms with Crippen LogP contribution in [0.5, 0.6) is 0 Å². The molecule has 1 rings (SSSR count). The summed E-state index contributed by atoms with van der Waals surface area (Å²) in [5.74, 6) is 0. The summed E-state index contributed by atoms with van der Waals surface area (Å²) in [5, 5.41) is 4.04. The monoisotopic (exact) mass is 287 g/mol. The van der Waals surface area contributed by atoms with Gasteiger partial charge in [0.05, 0.1) is 0 Å². The number of halogens is 1. The van der Waals surface area contributed by atoms with Gasteiger partial charge >= 0.3 is 0 Å². The fourth-order valence-electron chi connectivity index (χ4n) is 1.20. The molecule has 1 nitrogen and oxygen atoms in total. The number of thioether (sulfide) groups is 1. The van der Waals surface area contributed by atoms with Crippen LogP contribution in [0.1, 0.15) is 20.8 Å². The third kappa shape index (κ3) is 5.05. The van der Waals surface area contributed by atoms with E-state index in [1.165, 1.54) is 9.37 Å². The molecule has 1 N–H and O–H groups in total. The fraction of sp³-hybridized carbons (Fsp3) is 0.500. The Bertz CT molecular complexity index is 301. The van der Waals surface area contributed by atoms with Crippen LogP contribution >= 0.6 is 27.7 Å². The molecule has 15 heavy (non-hydrogen) atoms. The van der Waals surface area contributed by atoms with Crippen molar-refractivity contribution in [3.8, 4) is 0 Å². The Balaban J connectivity index is 2.44. The summed E-state index contributed by atoms with van der Waals surface area (Å²) >= 11 is 5.47. The molecule has 0 bridgehead atoms. The minimum atomic E-state index is 0.562. The molecule has 1 atom stereocenters. The molecule has 0 saturated heterocycles. The lowest BCUT2D eigenvalue weighted by Crippen LogP contribution is -2.28. The van der Waals surface area contributed by atoms with Crippen molar-refractivity contribution >= 4 is 27.7 Å². The van der Waals surface area contributed by atoms with Crippen molar-refractivity contribution in [1.82, 2.24) is 5.32 Å². The Labute approximate surface area is 105 Å². The molecule has 0 spiro atoms.